The number of methoxy groups -OCH3 is 1. The summed E-state index contributed by atoms with van der Waals surface area (Å²) >= 11 is 5.97. The van der Waals surface area contributed by atoms with Crippen LogP contribution in [0.15, 0.2) is 23.9 Å². The number of nitrogens with one attached hydrogen (secondary N) is 1. The Morgan fingerprint density at radius 2 is 2.11 bits per heavy atom. The normalized spacial score (nSPS) is 17.3. The van der Waals surface area contributed by atoms with E-state index in [2.05, 4.69) is 5.32 Å². The molecule has 1 N–H and O–H groups in total. The molecular weight excluding hydrogens is 256 g/mol. The van der Waals surface area contributed by atoms with Gasteiger partial charge in [0.25, 0.3) is 5.91 Å². The summed E-state index contributed by atoms with van der Waals surface area (Å²) in [5, 5.41) is 2.92. The van der Waals surface area contributed by atoms with E-state index in [0.717, 1.165) is 4.90 Å². The first-order valence-corrected chi connectivity index (χ1v) is 5.55. The van der Waals surface area contributed by atoms with Crippen LogP contribution in [0.3, 0.4) is 0 Å². The molecule has 1 aliphatic heterocycles. The van der Waals surface area contributed by atoms with E-state index in [1.54, 1.807) is 24.3 Å². The van der Waals surface area contributed by atoms with Gasteiger partial charge in [-0.2, -0.15) is 0 Å². The van der Waals surface area contributed by atoms with Crippen molar-refractivity contribution in [1.82, 2.24) is 10.2 Å². The number of likely N-dealkylation sites (N-methyl/N-ethyl adjacent to an activating group) is 1. The first-order valence-electron chi connectivity index (χ1n) is 5.17. The van der Waals surface area contributed by atoms with Crippen molar-refractivity contribution in [2.75, 3.05) is 14.2 Å². The molecule has 0 aliphatic carbocycles. The Bertz CT molecular complexity index is 554. The van der Waals surface area contributed by atoms with Gasteiger partial charge in [-0.05, 0) is 23.8 Å². The Morgan fingerprint density at radius 1 is 1.39 bits per heavy atom. The molecule has 0 radical (unpaired) electrons. The van der Waals surface area contributed by atoms with E-state index >= 15 is 0 Å². The van der Waals surface area contributed by atoms with Crippen LogP contribution in [-0.4, -0.2) is 31.0 Å². The number of urea groups is 1. The molecule has 1 saturated heterocycles. The minimum atomic E-state index is -0.439. The van der Waals surface area contributed by atoms with Gasteiger partial charge in [0.05, 0.1) is 12.1 Å². The predicted molar refractivity (Wildman–Crippen MR) is 67.3 cm³/mol. The van der Waals surface area contributed by atoms with Crippen LogP contribution < -0.4 is 10.1 Å². The lowest BCUT2D eigenvalue weighted by atomic mass is 10.2. The number of hydrogen-bond acceptors (Lipinski definition) is 3. The van der Waals surface area contributed by atoms with Crippen LogP contribution in [0.2, 0.25) is 5.02 Å². The van der Waals surface area contributed by atoms with Gasteiger partial charge >= 0.3 is 6.03 Å². The molecule has 0 aromatic heterocycles. The lowest BCUT2D eigenvalue weighted by Gasteiger charge is -2.03. The van der Waals surface area contributed by atoms with E-state index in [0.29, 0.717) is 16.3 Å². The van der Waals surface area contributed by atoms with Gasteiger partial charge in [0.1, 0.15) is 11.4 Å². The summed E-state index contributed by atoms with van der Waals surface area (Å²) in [6.07, 6.45) is 1.56. The molecule has 1 heterocycles. The highest BCUT2D eigenvalue weighted by Crippen LogP contribution is 2.26. The van der Waals surface area contributed by atoms with Crippen molar-refractivity contribution in [3.63, 3.8) is 0 Å². The van der Waals surface area contributed by atoms with Crippen LogP contribution in [0, 0.1) is 0 Å². The van der Waals surface area contributed by atoms with Crippen LogP contribution in [0.1, 0.15) is 5.56 Å². The summed E-state index contributed by atoms with van der Waals surface area (Å²) in [5.41, 5.74) is 0.934. The summed E-state index contributed by atoms with van der Waals surface area (Å²) in [5.74, 6) is 0.185. The molecule has 2 rings (SSSR count). The Morgan fingerprint density at radius 3 is 2.61 bits per heavy atom. The van der Waals surface area contributed by atoms with Crippen molar-refractivity contribution in [2.45, 2.75) is 0 Å². The lowest BCUT2D eigenvalue weighted by Crippen LogP contribution is -2.25. The highest BCUT2D eigenvalue weighted by molar-refractivity contribution is 6.32. The Balaban J connectivity index is 2.32. The van der Waals surface area contributed by atoms with Gasteiger partial charge in [-0.3, -0.25) is 9.69 Å². The third kappa shape index (κ3) is 2.17. The first-order chi connectivity index (χ1) is 8.52. The maximum Gasteiger partial charge on any atom is 0.328 e. The van der Waals surface area contributed by atoms with Crippen LogP contribution in [0.4, 0.5) is 4.79 Å². The van der Waals surface area contributed by atoms with Crippen molar-refractivity contribution >= 4 is 29.6 Å². The van der Waals surface area contributed by atoms with Gasteiger partial charge in [0, 0.05) is 7.05 Å². The number of carbonyl (C=O) groups is 2. The molecule has 1 aromatic rings. The summed E-state index contributed by atoms with van der Waals surface area (Å²) in [7, 11) is 2.94. The zero-order valence-corrected chi connectivity index (χ0v) is 10.6. The molecular formula is C12H11ClN2O3. The summed E-state index contributed by atoms with van der Waals surface area (Å²) in [6.45, 7) is 0. The smallest absolute Gasteiger partial charge is 0.328 e. The maximum absolute atomic E-state index is 11.6. The molecule has 0 atom stereocenters. The van der Waals surface area contributed by atoms with Crippen molar-refractivity contribution < 1.29 is 14.3 Å². The van der Waals surface area contributed by atoms with Gasteiger partial charge in [-0.1, -0.05) is 17.7 Å². The highest BCUT2D eigenvalue weighted by atomic mass is 35.5. The maximum atomic E-state index is 11.6. The summed E-state index contributed by atoms with van der Waals surface area (Å²) < 4.78 is 5.03. The number of carbonyl (C=O) groups excluding carboxylic acids is 2. The Kier molecular flexibility index (Phi) is 3.25. The number of hydrogen-bond donors (Lipinski definition) is 1. The molecule has 5 nitrogen and oxygen atoms in total. The number of halogens is 1. The van der Waals surface area contributed by atoms with Crippen LogP contribution in [0.5, 0.6) is 5.75 Å². The zero-order chi connectivity index (χ0) is 13.3. The predicted octanol–water partition coefficient (Wildman–Crippen LogP) is 1.87. The quantitative estimate of drug-likeness (QED) is 0.657. The lowest BCUT2D eigenvalue weighted by molar-refractivity contribution is -0.121. The summed E-state index contributed by atoms with van der Waals surface area (Å²) in [4.78, 5) is 23.9. The largest absolute Gasteiger partial charge is 0.495 e. The molecule has 1 aromatic carbocycles. The second-order valence-corrected chi connectivity index (χ2v) is 4.15. The second kappa shape index (κ2) is 4.70. The van der Waals surface area contributed by atoms with E-state index in [4.69, 9.17) is 16.3 Å². The van der Waals surface area contributed by atoms with Gasteiger partial charge in [0.2, 0.25) is 0 Å². The van der Waals surface area contributed by atoms with Crippen LogP contribution in [0.25, 0.3) is 6.08 Å². The number of rotatable bonds is 2. The monoisotopic (exact) mass is 266 g/mol. The number of nitrogens with zero attached hydrogens (tertiary/aromatic N) is 1. The molecule has 6 heteroatoms. The molecule has 18 heavy (non-hydrogen) atoms. The van der Waals surface area contributed by atoms with Crippen molar-refractivity contribution in [1.29, 1.82) is 0 Å². The standard InChI is InChI=1S/C12H11ClN2O3/c1-15-11(16)9(14-12(15)17)6-7-3-4-10(18-2)8(13)5-7/h3-6H,1-2H3,(H,14,17)/b9-6+. The third-order valence-electron chi connectivity index (χ3n) is 2.57. The molecule has 0 spiro atoms. The van der Waals surface area contributed by atoms with Gasteiger partial charge < -0.3 is 10.1 Å². The Labute approximate surface area is 109 Å². The fourth-order valence-corrected chi connectivity index (χ4v) is 1.83. The highest BCUT2D eigenvalue weighted by Gasteiger charge is 2.29. The molecule has 0 unspecified atom stereocenters. The third-order valence-corrected chi connectivity index (χ3v) is 2.86. The average molecular weight is 267 g/mol. The first kappa shape index (κ1) is 12.4. The number of amides is 3. The van der Waals surface area contributed by atoms with Crippen molar-refractivity contribution in [3.05, 3.63) is 34.5 Å². The molecule has 1 aliphatic rings. The minimum absolute atomic E-state index is 0.226. The minimum Gasteiger partial charge on any atom is -0.495 e. The summed E-state index contributed by atoms with van der Waals surface area (Å²) in [6, 6.07) is 4.66. The molecule has 3 amide bonds. The molecule has 1 fully saturated rings. The number of imide groups is 1. The Hall–Kier alpha value is -2.01. The van der Waals surface area contributed by atoms with E-state index < -0.39 is 6.03 Å². The fourth-order valence-electron chi connectivity index (χ4n) is 1.56. The molecule has 0 bridgehead atoms. The van der Waals surface area contributed by atoms with E-state index in [-0.39, 0.29) is 11.6 Å². The molecule has 0 saturated carbocycles. The van der Waals surface area contributed by atoms with Gasteiger partial charge in [-0.25, -0.2) is 4.79 Å². The van der Waals surface area contributed by atoms with Gasteiger partial charge in [0.15, 0.2) is 0 Å². The number of ether oxygens (including phenoxy) is 1. The zero-order valence-electron chi connectivity index (χ0n) is 9.86. The van der Waals surface area contributed by atoms with Crippen LogP contribution in [-0.2, 0) is 4.79 Å². The molecule has 94 valence electrons. The van der Waals surface area contributed by atoms with E-state index in [9.17, 15) is 9.59 Å². The van der Waals surface area contributed by atoms with Gasteiger partial charge in [-0.15, -0.1) is 0 Å². The average Bonchev–Trinajstić information content (AvgIpc) is 2.57. The van der Waals surface area contributed by atoms with E-state index in [1.807, 2.05) is 0 Å². The van der Waals surface area contributed by atoms with Crippen molar-refractivity contribution in [3.8, 4) is 5.75 Å². The van der Waals surface area contributed by atoms with Crippen LogP contribution >= 0.6 is 11.6 Å². The SMILES string of the molecule is COc1ccc(/C=C2/NC(=O)N(C)C2=O)cc1Cl. The topological polar surface area (TPSA) is 58.6 Å². The second-order valence-electron chi connectivity index (χ2n) is 3.75. The van der Waals surface area contributed by atoms with Crippen molar-refractivity contribution in [2.24, 2.45) is 0 Å². The van der Waals surface area contributed by atoms with E-state index in [1.165, 1.54) is 14.2 Å². The number of benzene rings is 1. The fraction of sp³-hybridized carbons (Fsp3) is 0.167.